The zero-order valence-corrected chi connectivity index (χ0v) is 13.6. The van der Waals surface area contributed by atoms with Crippen LogP contribution in [0.25, 0.3) is 12.2 Å². The number of carbonyl (C=O) groups is 1. The van der Waals surface area contributed by atoms with E-state index >= 15 is 0 Å². The number of nitrogens with two attached hydrogens (primary N) is 1. The molecule has 6 heteroatoms. The molecule has 0 aliphatic heterocycles. The predicted molar refractivity (Wildman–Crippen MR) is 91.8 cm³/mol. The highest BCUT2D eigenvalue weighted by Crippen LogP contribution is 2.21. The molecule has 0 aliphatic carbocycles. The lowest BCUT2D eigenvalue weighted by Gasteiger charge is -2.07. The number of nitrogen functional groups attached to an aromatic ring is 1. The Morgan fingerprint density at radius 1 is 1.26 bits per heavy atom. The van der Waals surface area contributed by atoms with Crippen molar-refractivity contribution in [3.63, 3.8) is 0 Å². The predicted octanol–water partition coefficient (Wildman–Crippen LogP) is 3.38. The number of carbonyl (C=O) groups excluding carboxylic acids is 1. The Labute approximate surface area is 140 Å². The fraction of sp³-hybridized carbons (Fsp3) is 0.235. The zero-order valence-electron chi connectivity index (χ0n) is 12.8. The molecule has 0 unspecified atom stereocenters. The molecule has 2 rings (SSSR count). The van der Waals surface area contributed by atoms with Gasteiger partial charge in [-0.15, -0.1) is 0 Å². The number of halogens is 1. The first-order valence-electron chi connectivity index (χ1n) is 7.30. The lowest BCUT2D eigenvalue weighted by Crippen LogP contribution is -2.08. The molecule has 23 heavy (non-hydrogen) atoms. The van der Waals surface area contributed by atoms with Crippen LogP contribution in [0.3, 0.4) is 0 Å². The third kappa shape index (κ3) is 5.07. The summed E-state index contributed by atoms with van der Waals surface area (Å²) in [5.41, 5.74) is 7.52. The van der Waals surface area contributed by atoms with E-state index in [1.54, 1.807) is 13.0 Å². The maximum Gasteiger partial charge on any atom is 0.306 e. The van der Waals surface area contributed by atoms with Crippen LogP contribution in [-0.4, -0.2) is 22.5 Å². The van der Waals surface area contributed by atoms with E-state index in [2.05, 4.69) is 9.97 Å². The SMILES string of the molecule is CCOC(=O)CCc1c(N)nc(C=Cc2ccccc2)nc1Cl. The quantitative estimate of drug-likeness (QED) is 0.648. The zero-order chi connectivity index (χ0) is 16.7. The molecule has 0 radical (unpaired) electrons. The highest BCUT2D eigenvalue weighted by molar-refractivity contribution is 6.30. The molecule has 2 aromatic rings. The van der Waals surface area contributed by atoms with Crippen LogP contribution >= 0.6 is 11.6 Å². The molecule has 2 N–H and O–H groups in total. The second-order valence-electron chi connectivity index (χ2n) is 4.79. The molecule has 0 atom stereocenters. The summed E-state index contributed by atoms with van der Waals surface area (Å²) in [7, 11) is 0. The number of aromatic nitrogens is 2. The molecule has 0 spiro atoms. The number of esters is 1. The van der Waals surface area contributed by atoms with Crippen molar-refractivity contribution in [1.29, 1.82) is 0 Å². The minimum atomic E-state index is -0.295. The molecule has 0 aliphatic rings. The van der Waals surface area contributed by atoms with E-state index in [0.29, 0.717) is 24.4 Å². The van der Waals surface area contributed by atoms with Crippen molar-refractivity contribution in [3.8, 4) is 0 Å². The Balaban J connectivity index is 2.10. The highest BCUT2D eigenvalue weighted by atomic mass is 35.5. The van der Waals surface area contributed by atoms with Crippen molar-refractivity contribution in [1.82, 2.24) is 9.97 Å². The summed E-state index contributed by atoms with van der Waals surface area (Å²) in [5, 5.41) is 0.259. The third-order valence-electron chi connectivity index (χ3n) is 3.11. The maximum absolute atomic E-state index is 11.4. The van der Waals surface area contributed by atoms with Gasteiger partial charge in [0, 0.05) is 12.0 Å². The molecule has 1 heterocycles. The van der Waals surface area contributed by atoms with Crippen LogP contribution in [0.4, 0.5) is 5.82 Å². The Morgan fingerprint density at radius 2 is 2.00 bits per heavy atom. The first-order chi connectivity index (χ1) is 11.1. The second kappa shape index (κ2) is 8.29. The van der Waals surface area contributed by atoms with Gasteiger partial charge in [0.15, 0.2) is 5.82 Å². The second-order valence-corrected chi connectivity index (χ2v) is 5.14. The van der Waals surface area contributed by atoms with Crippen molar-refractivity contribution in [3.05, 3.63) is 52.4 Å². The van der Waals surface area contributed by atoms with Gasteiger partial charge in [0.05, 0.1) is 6.61 Å². The van der Waals surface area contributed by atoms with E-state index in [9.17, 15) is 4.79 Å². The Bertz CT molecular complexity index is 679. The van der Waals surface area contributed by atoms with Gasteiger partial charge in [-0.1, -0.05) is 48.0 Å². The van der Waals surface area contributed by atoms with Crippen LogP contribution in [0.2, 0.25) is 5.15 Å². The minimum absolute atomic E-state index is 0.195. The highest BCUT2D eigenvalue weighted by Gasteiger charge is 2.12. The van der Waals surface area contributed by atoms with E-state index in [4.69, 9.17) is 22.1 Å². The maximum atomic E-state index is 11.4. The van der Waals surface area contributed by atoms with E-state index in [1.807, 2.05) is 36.4 Å². The van der Waals surface area contributed by atoms with Gasteiger partial charge in [-0.2, -0.15) is 0 Å². The number of ether oxygens (including phenoxy) is 1. The monoisotopic (exact) mass is 331 g/mol. The normalized spacial score (nSPS) is 10.9. The molecule has 5 nitrogen and oxygen atoms in total. The molecule has 120 valence electrons. The fourth-order valence-electron chi connectivity index (χ4n) is 1.99. The van der Waals surface area contributed by atoms with Crippen LogP contribution in [-0.2, 0) is 16.0 Å². The Morgan fingerprint density at radius 3 is 2.65 bits per heavy atom. The van der Waals surface area contributed by atoms with Crippen molar-refractivity contribution < 1.29 is 9.53 Å². The molecule has 0 saturated carbocycles. The summed E-state index contributed by atoms with van der Waals surface area (Å²) in [6, 6.07) is 9.77. The molecular weight excluding hydrogens is 314 g/mol. The molecule has 0 fully saturated rings. The number of benzene rings is 1. The van der Waals surface area contributed by atoms with E-state index in [0.717, 1.165) is 5.56 Å². The average Bonchev–Trinajstić information content (AvgIpc) is 2.53. The summed E-state index contributed by atoms with van der Waals surface area (Å²) in [6.07, 6.45) is 4.17. The number of hydrogen-bond donors (Lipinski definition) is 1. The lowest BCUT2D eigenvalue weighted by atomic mass is 10.1. The molecule has 0 bridgehead atoms. The first-order valence-corrected chi connectivity index (χ1v) is 7.68. The topological polar surface area (TPSA) is 78.1 Å². The molecule has 1 aromatic heterocycles. The van der Waals surface area contributed by atoms with Gasteiger partial charge in [0.25, 0.3) is 0 Å². The number of hydrogen-bond acceptors (Lipinski definition) is 5. The third-order valence-corrected chi connectivity index (χ3v) is 3.43. The van der Waals surface area contributed by atoms with Crippen molar-refractivity contribution in [2.45, 2.75) is 19.8 Å². The van der Waals surface area contributed by atoms with Gasteiger partial charge in [0.1, 0.15) is 11.0 Å². The van der Waals surface area contributed by atoms with Gasteiger partial charge in [-0.25, -0.2) is 9.97 Å². The van der Waals surface area contributed by atoms with Gasteiger partial charge in [-0.05, 0) is 25.0 Å². The summed E-state index contributed by atoms with van der Waals surface area (Å²) in [4.78, 5) is 19.8. The van der Waals surface area contributed by atoms with Gasteiger partial charge >= 0.3 is 5.97 Å². The summed E-state index contributed by atoms with van der Waals surface area (Å²) in [5.74, 6) is 0.411. The average molecular weight is 332 g/mol. The lowest BCUT2D eigenvalue weighted by molar-refractivity contribution is -0.143. The van der Waals surface area contributed by atoms with Crippen LogP contribution in [0.1, 0.15) is 30.3 Å². The summed E-state index contributed by atoms with van der Waals surface area (Å²) >= 11 is 6.16. The standard InChI is InChI=1S/C17H18ClN3O2/c1-2-23-15(22)11-9-13-16(18)20-14(21-17(13)19)10-8-12-6-4-3-5-7-12/h3-8,10H,2,9,11H2,1H3,(H2,19,20,21). The minimum Gasteiger partial charge on any atom is -0.466 e. The molecule has 1 aromatic carbocycles. The van der Waals surface area contributed by atoms with Crippen LogP contribution in [0, 0.1) is 0 Å². The largest absolute Gasteiger partial charge is 0.466 e. The van der Waals surface area contributed by atoms with Crippen molar-refractivity contribution in [2.75, 3.05) is 12.3 Å². The van der Waals surface area contributed by atoms with Crippen LogP contribution in [0.5, 0.6) is 0 Å². The van der Waals surface area contributed by atoms with E-state index in [-0.39, 0.29) is 23.4 Å². The van der Waals surface area contributed by atoms with Crippen molar-refractivity contribution in [2.24, 2.45) is 0 Å². The van der Waals surface area contributed by atoms with E-state index < -0.39 is 0 Å². The van der Waals surface area contributed by atoms with E-state index in [1.165, 1.54) is 0 Å². The summed E-state index contributed by atoms with van der Waals surface area (Å²) < 4.78 is 4.88. The van der Waals surface area contributed by atoms with Crippen LogP contribution < -0.4 is 5.73 Å². The Kier molecular flexibility index (Phi) is 6.11. The first kappa shape index (κ1) is 17.0. The molecule has 0 saturated heterocycles. The van der Waals surface area contributed by atoms with Crippen molar-refractivity contribution >= 4 is 35.5 Å². The summed E-state index contributed by atoms with van der Waals surface area (Å²) in [6.45, 7) is 2.11. The van der Waals surface area contributed by atoms with Gasteiger partial charge in [0.2, 0.25) is 0 Å². The number of anilines is 1. The smallest absolute Gasteiger partial charge is 0.306 e. The molecular formula is C17H18ClN3O2. The number of nitrogens with zero attached hydrogens (tertiary/aromatic N) is 2. The van der Waals surface area contributed by atoms with Crippen LogP contribution in [0.15, 0.2) is 30.3 Å². The molecule has 0 amide bonds. The van der Waals surface area contributed by atoms with Gasteiger partial charge < -0.3 is 10.5 Å². The fourth-order valence-corrected chi connectivity index (χ4v) is 2.27. The Hall–Kier alpha value is -2.40. The van der Waals surface area contributed by atoms with Gasteiger partial charge in [-0.3, -0.25) is 4.79 Å². The number of rotatable bonds is 6.